The van der Waals surface area contributed by atoms with Gasteiger partial charge in [0.05, 0.1) is 0 Å². The lowest BCUT2D eigenvalue weighted by molar-refractivity contribution is -0.149. The van der Waals surface area contributed by atoms with E-state index in [1.165, 1.54) is 24.3 Å². The number of esters is 1. The quantitative estimate of drug-likeness (QED) is 0.637. The average molecular weight is 296 g/mol. The van der Waals surface area contributed by atoms with Crippen LogP contribution in [0.4, 0.5) is 4.79 Å². The maximum absolute atomic E-state index is 11.5. The Morgan fingerprint density at radius 3 is 2.80 bits per heavy atom. The summed E-state index contributed by atoms with van der Waals surface area (Å²) in [5.41, 5.74) is 0. The smallest absolute Gasteiger partial charge is 0.331 e. The van der Waals surface area contributed by atoms with E-state index in [9.17, 15) is 14.4 Å². The maximum Gasteiger partial charge on any atom is 0.331 e. The number of imide groups is 1. The van der Waals surface area contributed by atoms with Gasteiger partial charge >= 0.3 is 12.0 Å². The zero-order valence-corrected chi connectivity index (χ0v) is 12.0. The van der Waals surface area contributed by atoms with Crippen molar-refractivity contribution in [1.82, 2.24) is 10.6 Å². The van der Waals surface area contributed by atoms with Crippen LogP contribution < -0.4 is 10.6 Å². The van der Waals surface area contributed by atoms with Gasteiger partial charge in [0, 0.05) is 17.5 Å². The summed E-state index contributed by atoms with van der Waals surface area (Å²) in [5.74, 6) is -1.31. The third kappa shape index (κ3) is 5.66. The zero-order chi connectivity index (χ0) is 15.0. The van der Waals surface area contributed by atoms with Crippen LogP contribution in [0.15, 0.2) is 23.6 Å². The van der Waals surface area contributed by atoms with Gasteiger partial charge in [0.2, 0.25) is 0 Å². The average Bonchev–Trinajstić information content (AvgIpc) is 2.89. The lowest BCUT2D eigenvalue weighted by atomic mass is 10.3. The molecule has 0 aliphatic carbocycles. The molecule has 1 aromatic heterocycles. The van der Waals surface area contributed by atoms with E-state index in [-0.39, 0.29) is 0 Å². The monoisotopic (exact) mass is 296 g/mol. The molecule has 0 radical (unpaired) electrons. The molecule has 0 bridgehead atoms. The molecule has 1 heterocycles. The summed E-state index contributed by atoms with van der Waals surface area (Å²) >= 11 is 1.48. The van der Waals surface area contributed by atoms with Gasteiger partial charge in [-0.05, 0) is 31.4 Å². The predicted octanol–water partition coefficient (Wildman–Crippen LogP) is 1.54. The molecule has 7 heteroatoms. The van der Waals surface area contributed by atoms with Crippen LogP contribution in [0, 0.1) is 0 Å². The summed E-state index contributed by atoms with van der Waals surface area (Å²) < 4.78 is 4.88. The molecule has 1 rings (SSSR count). The first-order chi connectivity index (χ1) is 9.52. The fraction of sp³-hybridized carbons (Fsp3) is 0.308. The van der Waals surface area contributed by atoms with Gasteiger partial charge in [0.1, 0.15) is 0 Å². The summed E-state index contributed by atoms with van der Waals surface area (Å²) in [6.07, 6.45) is 1.79. The van der Waals surface area contributed by atoms with Crippen molar-refractivity contribution in [2.24, 2.45) is 0 Å². The van der Waals surface area contributed by atoms with Crippen LogP contribution in [-0.4, -0.2) is 30.6 Å². The van der Waals surface area contributed by atoms with Gasteiger partial charge in [0.15, 0.2) is 6.10 Å². The van der Waals surface area contributed by atoms with Crippen LogP contribution in [0.1, 0.15) is 18.7 Å². The highest BCUT2D eigenvalue weighted by atomic mass is 32.1. The number of amides is 3. The molecular weight excluding hydrogens is 280 g/mol. The molecule has 3 amide bonds. The molecule has 108 valence electrons. The van der Waals surface area contributed by atoms with Gasteiger partial charge in [-0.25, -0.2) is 9.59 Å². The van der Waals surface area contributed by atoms with Crippen molar-refractivity contribution in [3.63, 3.8) is 0 Å². The summed E-state index contributed by atoms with van der Waals surface area (Å²) in [4.78, 5) is 35.0. The van der Waals surface area contributed by atoms with Crippen molar-refractivity contribution in [2.75, 3.05) is 6.54 Å². The summed E-state index contributed by atoms with van der Waals surface area (Å²) in [7, 11) is 0. The van der Waals surface area contributed by atoms with Crippen LogP contribution in [0.3, 0.4) is 0 Å². The van der Waals surface area contributed by atoms with Crippen molar-refractivity contribution < 1.29 is 19.1 Å². The standard InChI is InChI=1S/C13H16N2O4S/c1-3-14-13(18)15-12(17)9(2)19-11(16)7-6-10-5-4-8-20-10/h4-9H,3H2,1-2H3,(H2,14,15,17,18). The number of ether oxygens (including phenoxy) is 1. The Morgan fingerprint density at radius 2 is 2.20 bits per heavy atom. The molecule has 1 unspecified atom stereocenters. The Hall–Kier alpha value is -2.15. The maximum atomic E-state index is 11.5. The first kappa shape index (κ1) is 15.9. The Morgan fingerprint density at radius 1 is 1.45 bits per heavy atom. The van der Waals surface area contributed by atoms with Crippen molar-refractivity contribution in [2.45, 2.75) is 20.0 Å². The van der Waals surface area contributed by atoms with E-state index in [0.29, 0.717) is 6.54 Å². The number of rotatable bonds is 5. The zero-order valence-electron chi connectivity index (χ0n) is 11.2. The number of carbonyl (C=O) groups is 3. The second kappa shape index (κ2) is 8.11. The minimum Gasteiger partial charge on any atom is -0.449 e. The fourth-order valence-electron chi connectivity index (χ4n) is 1.22. The van der Waals surface area contributed by atoms with Crippen LogP contribution in [-0.2, 0) is 14.3 Å². The minimum absolute atomic E-state index is 0.400. The van der Waals surface area contributed by atoms with E-state index in [0.717, 1.165) is 4.88 Å². The molecule has 0 fully saturated rings. The van der Waals surface area contributed by atoms with Gasteiger partial charge in [0.25, 0.3) is 5.91 Å². The lowest BCUT2D eigenvalue weighted by Gasteiger charge is -2.11. The fourth-order valence-corrected chi connectivity index (χ4v) is 1.84. The molecule has 0 aliphatic heterocycles. The van der Waals surface area contributed by atoms with E-state index in [1.807, 2.05) is 17.5 Å². The Kier molecular flexibility index (Phi) is 6.45. The molecule has 0 saturated heterocycles. The summed E-state index contributed by atoms with van der Waals surface area (Å²) in [6.45, 7) is 3.52. The third-order valence-corrected chi connectivity index (χ3v) is 3.00. The molecular formula is C13H16N2O4S. The molecule has 6 nitrogen and oxygen atoms in total. The summed E-state index contributed by atoms with van der Waals surface area (Å²) in [5, 5.41) is 6.35. The number of urea groups is 1. The molecule has 2 N–H and O–H groups in total. The van der Waals surface area contributed by atoms with Crippen molar-refractivity contribution >= 4 is 35.3 Å². The van der Waals surface area contributed by atoms with E-state index in [2.05, 4.69) is 10.6 Å². The molecule has 20 heavy (non-hydrogen) atoms. The predicted molar refractivity (Wildman–Crippen MR) is 76.1 cm³/mol. The Labute approximate surface area is 120 Å². The van der Waals surface area contributed by atoms with Crippen LogP contribution in [0.25, 0.3) is 6.08 Å². The molecule has 0 saturated carbocycles. The lowest BCUT2D eigenvalue weighted by Crippen LogP contribution is -2.44. The van der Waals surface area contributed by atoms with Crippen LogP contribution >= 0.6 is 11.3 Å². The van der Waals surface area contributed by atoms with Crippen molar-refractivity contribution in [3.8, 4) is 0 Å². The second-order valence-electron chi connectivity index (χ2n) is 3.78. The van der Waals surface area contributed by atoms with Gasteiger partial charge in [-0.1, -0.05) is 6.07 Å². The van der Waals surface area contributed by atoms with Gasteiger partial charge in [-0.15, -0.1) is 11.3 Å². The Balaban J connectivity index is 2.41. The number of carbonyl (C=O) groups excluding carboxylic acids is 3. The molecule has 1 atom stereocenters. The topological polar surface area (TPSA) is 84.5 Å². The van der Waals surface area contributed by atoms with E-state index in [4.69, 9.17) is 4.74 Å². The second-order valence-corrected chi connectivity index (χ2v) is 4.76. The normalized spacial score (nSPS) is 11.9. The van der Waals surface area contributed by atoms with Gasteiger partial charge < -0.3 is 10.1 Å². The van der Waals surface area contributed by atoms with Crippen molar-refractivity contribution in [1.29, 1.82) is 0 Å². The van der Waals surface area contributed by atoms with E-state index >= 15 is 0 Å². The Bertz CT molecular complexity index is 496. The van der Waals surface area contributed by atoms with Gasteiger partial charge in [-0.2, -0.15) is 0 Å². The highest BCUT2D eigenvalue weighted by Gasteiger charge is 2.18. The van der Waals surface area contributed by atoms with Crippen LogP contribution in [0.5, 0.6) is 0 Å². The molecule has 0 aromatic carbocycles. The largest absolute Gasteiger partial charge is 0.449 e. The summed E-state index contributed by atoms with van der Waals surface area (Å²) in [6, 6.07) is 3.09. The highest BCUT2D eigenvalue weighted by Crippen LogP contribution is 2.10. The molecule has 0 spiro atoms. The number of thiophene rings is 1. The highest BCUT2D eigenvalue weighted by molar-refractivity contribution is 7.10. The van der Waals surface area contributed by atoms with E-state index < -0.39 is 24.0 Å². The number of nitrogens with one attached hydrogen (secondary N) is 2. The van der Waals surface area contributed by atoms with Crippen molar-refractivity contribution in [3.05, 3.63) is 28.5 Å². The third-order valence-electron chi connectivity index (χ3n) is 2.16. The molecule has 0 aliphatic rings. The van der Waals surface area contributed by atoms with E-state index in [1.54, 1.807) is 13.0 Å². The van der Waals surface area contributed by atoms with Crippen LogP contribution in [0.2, 0.25) is 0 Å². The molecule has 1 aromatic rings. The minimum atomic E-state index is -1.04. The van der Waals surface area contributed by atoms with Gasteiger partial charge in [-0.3, -0.25) is 10.1 Å². The first-order valence-electron chi connectivity index (χ1n) is 6.03. The SMILES string of the molecule is CCNC(=O)NC(=O)C(C)OC(=O)C=Cc1cccs1. The number of hydrogen-bond acceptors (Lipinski definition) is 5. The number of hydrogen-bond donors (Lipinski definition) is 2. The first-order valence-corrected chi connectivity index (χ1v) is 6.91.